The van der Waals surface area contributed by atoms with Crippen molar-refractivity contribution >= 4 is 23.2 Å². The Balaban J connectivity index is 2.03. The van der Waals surface area contributed by atoms with Crippen LogP contribution in [0.4, 0.5) is 11.4 Å². The number of aryl methyl sites for hydroxylation is 1. The molecule has 0 saturated heterocycles. The van der Waals surface area contributed by atoms with Crippen LogP contribution in [0.3, 0.4) is 0 Å². The first kappa shape index (κ1) is 18.0. The second-order valence-corrected chi connectivity index (χ2v) is 5.90. The molecule has 10 heteroatoms. The summed E-state index contributed by atoms with van der Waals surface area (Å²) >= 11 is 0. The fourth-order valence-electron chi connectivity index (χ4n) is 2.56. The number of ether oxygens (including phenoxy) is 1. The molecule has 3 rings (SSSR count). The molecule has 0 aliphatic carbocycles. The van der Waals surface area contributed by atoms with Gasteiger partial charge in [0.05, 0.1) is 21.5 Å². The van der Waals surface area contributed by atoms with Crippen molar-refractivity contribution < 1.29 is 19.4 Å². The molecule has 0 unspecified atom stereocenters. The summed E-state index contributed by atoms with van der Waals surface area (Å²) in [4.78, 5) is 32.6. The number of carbonyl (C=O) groups excluding carboxylic acids is 1. The number of amides is 1. The van der Waals surface area contributed by atoms with Crippen LogP contribution < -0.4 is 0 Å². The van der Waals surface area contributed by atoms with Crippen LogP contribution in [0, 0.1) is 27.2 Å². The number of nitro benzene ring substituents is 2. The number of hydrazone groups is 1. The second-order valence-electron chi connectivity index (χ2n) is 5.90. The first-order valence-electron chi connectivity index (χ1n) is 7.82. The minimum absolute atomic E-state index is 0.0387. The highest BCUT2D eigenvalue weighted by atomic mass is 16.6. The number of rotatable bonds is 4. The molecule has 0 spiro atoms. The van der Waals surface area contributed by atoms with Crippen molar-refractivity contribution in [1.29, 1.82) is 0 Å². The van der Waals surface area contributed by atoms with E-state index in [0.29, 0.717) is 5.56 Å². The van der Waals surface area contributed by atoms with Crippen LogP contribution in [0.5, 0.6) is 0 Å². The van der Waals surface area contributed by atoms with Gasteiger partial charge in [-0.2, -0.15) is 5.01 Å². The van der Waals surface area contributed by atoms with Crippen LogP contribution in [0.1, 0.15) is 29.8 Å². The molecule has 138 valence electrons. The Bertz CT molecular complexity index is 938. The molecule has 1 heterocycles. The zero-order valence-electron chi connectivity index (χ0n) is 14.4. The summed E-state index contributed by atoms with van der Waals surface area (Å²) in [5, 5.41) is 27.3. The molecule has 0 saturated carbocycles. The molecule has 1 atom stereocenters. The summed E-state index contributed by atoms with van der Waals surface area (Å²) in [6.45, 7) is 3.21. The molecular weight excluding hydrogens is 356 g/mol. The van der Waals surface area contributed by atoms with Gasteiger partial charge in [0.2, 0.25) is 18.0 Å². The molecule has 10 nitrogen and oxygen atoms in total. The number of carbonyl (C=O) groups is 1. The van der Waals surface area contributed by atoms with Gasteiger partial charge in [0.25, 0.3) is 11.4 Å². The summed E-state index contributed by atoms with van der Waals surface area (Å²) in [7, 11) is 0. The fourth-order valence-corrected chi connectivity index (χ4v) is 2.56. The smallest absolute Gasteiger partial charge is 0.277 e. The van der Waals surface area contributed by atoms with Crippen LogP contribution in [0.25, 0.3) is 0 Å². The topological polar surface area (TPSA) is 128 Å². The maximum absolute atomic E-state index is 11.9. The van der Waals surface area contributed by atoms with Gasteiger partial charge in [-0.15, -0.1) is 5.10 Å². The zero-order valence-corrected chi connectivity index (χ0v) is 14.4. The number of non-ortho nitro benzene ring substituents is 2. The van der Waals surface area contributed by atoms with Gasteiger partial charge >= 0.3 is 0 Å². The van der Waals surface area contributed by atoms with Crippen LogP contribution >= 0.6 is 0 Å². The van der Waals surface area contributed by atoms with Crippen molar-refractivity contribution in [2.24, 2.45) is 5.10 Å². The molecule has 1 aliphatic heterocycles. The Labute approximate surface area is 153 Å². The van der Waals surface area contributed by atoms with Crippen molar-refractivity contribution in [3.05, 3.63) is 79.4 Å². The average Bonchev–Trinajstić information content (AvgIpc) is 3.07. The van der Waals surface area contributed by atoms with E-state index in [1.54, 1.807) is 12.1 Å². The van der Waals surface area contributed by atoms with Gasteiger partial charge in [0.1, 0.15) is 0 Å². The van der Waals surface area contributed by atoms with Crippen molar-refractivity contribution in [1.82, 2.24) is 5.01 Å². The summed E-state index contributed by atoms with van der Waals surface area (Å²) in [6, 6.07) is 10.3. The number of nitrogens with zero attached hydrogens (tertiary/aromatic N) is 4. The van der Waals surface area contributed by atoms with E-state index in [9.17, 15) is 25.0 Å². The van der Waals surface area contributed by atoms with Crippen LogP contribution in [0.15, 0.2) is 47.6 Å². The molecule has 0 radical (unpaired) electrons. The quantitative estimate of drug-likeness (QED) is 0.601. The standard InChI is InChI=1S/C17H14N4O6/c1-10-3-5-12(6-4-10)17-19(11(2)22)18-16(27-17)13-7-14(20(23)24)9-15(8-13)21(25)26/h3-9,17H,1-2H3/t17-/m0/s1. The molecule has 0 bridgehead atoms. The third-order valence-electron chi connectivity index (χ3n) is 3.90. The van der Waals surface area contributed by atoms with Crippen molar-refractivity contribution in [2.75, 3.05) is 0 Å². The highest BCUT2D eigenvalue weighted by molar-refractivity contribution is 5.97. The maximum Gasteiger partial charge on any atom is 0.277 e. The lowest BCUT2D eigenvalue weighted by Gasteiger charge is -2.19. The lowest BCUT2D eigenvalue weighted by molar-refractivity contribution is -0.394. The summed E-state index contributed by atoms with van der Waals surface area (Å²) in [5.41, 5.74) is 0.755. The van der Waals surface area contributed by atoms with Crippen LogP contribution in [-0.4, -0.2) is 26.7 Å². The monoisotopic (exact) mass is 370 g/mol. The molecular formula is C17H14N4O6. The third-order valence-corrected chi connectivity index (χ3v) is 3.90. The van der Waals surface area contributed by atoms with Crippen molar-refractivity contribution in [3.8, 4) is 0 Å². The van der Waals surface area contributed by atoms with Gasteiger partial charge in [0.15, 0.2) is 0 Å². The molecule has 2 aromatic carbocycles. The minimum atomic E-state index is -0.864. The Morgan fingerprint density at radius 3 is 2.11 bits per heavy atom. The molecule has 2 aromatic rings. The van der Waals surface area contributed by atoms with E-state index >= 15 is 0 Å². The first-order chi connectivity index (χ1) is 12.8. The fraction of sp³-hybridized carbons (Fsp3) is 0.176. The highest BCUT2D eigenvalue weighted by Gasteiger charge is 2.34. The molecule has 0 fully saturated rings. The normalized spacial score (nSPS) is 15.9. The van der Waals surface area contributed by atoms with Crippen molar-refractivity contribution in [3.63, 3.8) is 0 Å². The third kappa shape index (κ3) is 3.59. The molecule has 1 aliphatic rings. The van der Waals surface area contributed by atoms with Gasteiger partial charge in [-0.3, -0.25) is 25.0 Å². The lowest BCUT2D eigenvalue weighted by Crippen LogP contribution is -2.25. The summed E-state index contributed by atoms with van der Waals surface area (Å²) in [6.07, 6.45) is -0.864. The molecule has 27 heavy (non-hydrogen) atoms. The number of nitro groups is 2. The highest BCUT2D eigenvalue weighted by Crippen LogP contribution is 2.32. The van der Waals surface area contributed by atoms with E-state index in [0.717, 1.165) is 28.8 Å². The van der Waals surface area contributed by atoms with E-state index in [-0.39, 0.29) is 11.5 Å². The van der Waals surface area contributed by atoms with Gasteiger partial charge in [-0.1, -0.05) is 29.8 Å². The zero-order chi connectivity index (χ0) is 19.7. The maximum atomic E-state index is 11.9. The number of hydrogen-bond donors (Lipinski definition) is 0. The Hall–Kier alpha value is -3.82. The number of benzene rings is 2. The lowest BCUT2D eigenvalue weighted by atomic mass is 10.1. The van der Waals surface area contributed by atoms with Crippen LogP contribution in [-0.2, 0) is 9.53 Å². The van der Waals surface area contributed by atoms with E-state index in [2.05, 4.69) is 5.10 Å². The number of hydrogen-bond acceptors (Lipinski definition) is 7. The van der Waals surface area contributed by atoms with Gasteiger partial charge in [-0.05, 0) is 6.92 Å². The predicted molar refractivity (Wildman–Crippen MR) is 93.8 cm³/mol. The predicted octanol–water partition coefficient (Wildman–Crippen LogP) is 3.05. The molecule has 0 aromatic heterocycles. The molecule has 0 N–H and O–H groups in total. The van der Waals surface area contributed by atoms with Crippen molar-refractivity contribution in [2.45, 2.75) is 20.1 Å². The van der Waals surface area contributed by atoms with Gasteiger partial charge in [0, 0.05) is 24.6 Å². The Kier molecular flexibility index (Phi) is 4.55. The summed E-state index contributed by atoms with van der Waals surface area (Å²) < 4.78 is 5.73. The van der Waals surface area contributed by atoms with E-state index < -0.39 is 33.4 Å². The summed E-state index contributed by atoms with van der Waals surface area (Å²) in [5.74, 6) is -0.516. The Morgan fingerprint density at radius 1 is 1.07 bits per heavy atom. The first-order valence-corrected chi connectivity index (χ1v) is 7.82. The Morgan fingerprint density at radius 2 is 1.63 bits per heavy atom. The van der Waals surface area contributed by atoms with Gasteiger partial charge in [-0.25, -0.2) is 0 Å². The molecule has 1 amide bonds. The van der Waals surface area contributed by atoms with Crippen LogP contribution in [0.2, 0.25) is 0 Å². The van der Waals surface area contributed by atoms with Gasteiger partial charge < -0.3 is 4.74 Å². The SMILES string of the molecule is CC(=O)N1N=C(c2cc([N+](=O)[O-])cc([N+](=O)[O-])c2)O[C@H]1c1ccc(C)cc1. The van der Waals surface area contributed by atoms with E-state index in [1.807, 2.05) is 19.1 Å². The average molecular weight is 370 g/mol. The minimum Gasteiger partial charge on any atom is -0.446 e. The largest absolute Gasteiger partial charge is 0.446 e. The van der Waals surface area contributed by atoms with E-state index in [4.69, 9.17) is 4.74 Å². The van der Waals surface area contributed by atoms with E-state index in [1.165, 1.54) is 6.92 Å². The second kappa shape index (κ2) is 6.83.